The molecule has 0 atom stereocenters. The molecule has 0 aliphatic rings. The third-order valence-corrected chi connectivity index (χ3v) is 26.4. The number of fused-ring (bicyclic) bond motifs is 8. The largest absolute Gasteiger partial charge is 0.0849 e. The van der Waals surface area contributed by atoms with Gasteiger partial charge in [0.1, 0.15) is 0 Å². The van der Waals surface area contributed by atoms with Crippen molar-refractivity contribution < 1.29 is 0 Å². The topological polar surface area (TPSA) is 0 Å². The van der Waals surface area contributed by atoms with Gasteiger partial charge in [0.2, 0.25) is 0 Å². The molecule has 0 nitrogen and oxygen atoms in total. The summed E-state index contributed by atoms with van der Waals surface area (Å²) in [5, 5.41) is 29.5. The molecule has 0 aliphatic carbocycles. The van der Waals surface area contributed by atoms with Crippen molar-refractivity contribution >= 4 is 132 Å². The van der Waals surface area contributed by atoms with Crippen molar-refractivity contribution in [2.24, 2.45) is 0 Å². The summed E-state index contributed by atoms with van der Waals surface area (Å²) in [6.45, 7) is 12.2. The highest BCUT2D eigenvalue weighted by atomic mass is 28.3. The zero-order valence-electron chi connectivity index (χ0n) is 59.8. The van der Waals surface area contributed by atoms with Crippen LogP contribution in [0.4, 0.5) is 0 Å². The minimum Gasteiger partial charge on any atom is -0.0652 e. The van der Waals surface area contributed by atoms with E-state index in [1.807, 2.05) is 0 Å². The lowest BCUT2D eigenvalue weighted by Crippen LogP contribution is -2.44. The van der Waals surface area contributed by atoms with Crippen LogP contribution in [-0.2, 0) is 17.9 Å². The standard InChI is InChI=1S/C104H76Si/c1-104(2,3)80-47-54-88-94(62-80)98(71-26-11-7-12-27-71)93-59-67(38-51-87(93)100(88)78-43-39-68-22-15-17-30-76(68)60-78)64-105(4,5)81-48-55-89-95(63-81)99(72-28-13-8-14-29-72)91-57-65(36-49-86(91)101(89)79-44-40-69-23-16-18-31-77(69)61-79)56-66-37-50-90-92(58-66)97(70-24-9-6-10-25-70)82-34-19-20-35-83(82)103(90)85-53-46-75-42-41-73-32-21-33-74-45-52-84(85)102(75)96(73)74/h6-55,57-63H,56,64H2,1-5H3. The van der Waals surface area contributed by atoms with E-state index in [-0.39, 0.29) is 5.41 Å². The van der Waals surface area contributed by atoms with Crippen molar-refractivity contribution in [3.05, 3.63) is 368 Å². The van der Waals surface area contributed by atoms with Crippen molar-refractivity contribution in [2.45, 2.75) is 51.7 Å². The molecule has 0 N–H and O–H groups in total. The molecule has 0 spiro atoms. The fourth-order valence-electron chi connectivity index (χ4n) is 18.1. The van der Waals surface area contributed by atoms with Gasteiger partial charge in [0.05, 0.1) is 8.07 Å². The van der Waals surface area contributed by atoms with Crippen LogP contribution in [0, 0.1) is 0 Å². The maximum absolute atomic E-state index is 2.63. The van der Waals surface area contributed by atoms with Crippen molar-refractivity contribution in [3.8, 4) is 66.8 Å². The maximum atomic E-state index is 2.63. The second-order valence-corrected chi connectivity index (χ2v) is 35.8. The Morgan fingerprint density at radius 1 is 0.229 bits per heavy atom. The summed E-state index contributed by atoms with van der Waals surface area (Å²) in [5.41, 5.74) is 20.4. The summed E-state index contributed by atoms with van der Waals surface area (Å²) in [6.07, 6.45) is 0.758. The van der Waals surface area contributed by atoms with E-state index in [1.54, 1.807) is 0 Å². The van der Waals surface area contributed by atoms with E-state index in [2.05, 4.69) is 380 Å². The van der Waals surface area contributed by atoms with Gasteiger partial charge >= 0.3 is 0 Å². The van der Waals surface area contributed by atoms with Gasteiger partial charge in [-0.3, -0.25) is 0 Å². The van der Waals surface area contributed by atoms with Crippen LogP contribution in [0.15, 0.2) is 346 Å². The summed E-state index contributed by atoms with van der Waals surface area (Å²) < 4.78 is 0. The smallest absolute Gasteiger partial charge is 0.0652 e. The highest BCUT2D eigenvalue weighted by Gasteiger charge is 2.29. The third kappa shape index (κ3) is 10.5. The molecule has 105 heavy (non-hydrogen) atoms. The summed E-state index contributed by atoms with van der Waals surface area (Å²) in [5.74, 6) is 0. The first-order valence-corrected chi connectivity index (χ1v) is 40.5. The molecule has 496 valence electrons. The first-order valence-electron chi connectivity index (χ1n) is 37.3. The summed E-state index contributed by atoms with van der Waals surface area (Å²) >= 11 is 0. The van der Waals surface area contributed by atoms with Crippen molar-refractivity contribution in [1.82, 2.24) is 0 Å². The molecule has 0 saturated carbocycles. The lowest BCUT2D eigenvalue weighted by atomic mass is 9.81. The Hall–Kier alpha value is -12.3. The minimum absolute atomic E-state index is 0.0356. The minimum atomic E-state index is -2.33. The Morgan fingerprint density at radius 3 is 1.13 bits per heavy atom. The highest BCUT2D eigenvalue weighted by Crippen LogP contribution is 2.51. The molecule has 20 rings (SSSR count). The molecule has 0 bridgehead atoms. The molecular formula is C104H76Si. The molecule has 0 fully saturated rings. The molecule has 20 aromatic rings. The highest BCUT2D eigenvalue weighted by molar-refractivity contribution is 6.89. The van der Waals surface area contributed by atoms with E-state index in [0.717, 1.165) is 12.5 Å². The van der Waals surface area contributed by atoms with Crippen LogP contribution >= 0.6 is 0 Å². The SMILES string of the molecule is CC(C)(C)c1ccc2c(-c3ccc4ccccc4c3)c3ccc(C[Si](C)(C)c4ccc5c(-c6ccc7ccccc7c6)c6ccc(Cc7ccc8c(-c9ccc%10ccc%11cccc%12ccc9c%10c%11%12)c9ccccc9c(-c9ccccc9)c8c7)cc6c(-c6ccccc6)c5c4)cc3c(-c3ccccc3)c2c1. The van der Waals surface area contributed by atoms with Crippen molar-refractivity contribution in [3.63, 3.8) is 0 Å². The first-order chi connectivity index (χ1) is 51.4. The van der Waals surface area contributed by atoms with Gasteiger partial charge < -0.3 is 0 Å². The van der Waals surface area contributed by atoms with Crippen LogP contribution < -0.4 is 5.19 Å². The zero-order chi connectivity index (χ0) is 70.2. The lowest BCUT2D eigenvalue weighted by molar-refractivity contribution is 0.591. The molecule has 1 heteroatoms. The van der Waals surface area contributed by atoms with Crippen molar-refractivity contribution in [1.29, 1.82) is 0 Å². The van der Waals surface area contributed by atoms with Crippen LogP contribution in [0.3, 0.4) is 0 Å². The summed E-state index contributed by atoms with van der Waals surface area (Å²) in [7, 11) is -2.33. The molecule has 0 heterocycles. The van der Waals surface area contributed by atoms with Crippen LogP contribution in [0.5, 0.6) is 0 Å². The average molecular weight is 1350 g/mol. The van der Waals surface area contributed by atoms with Gasteiger partial charge in [0.25, 0.3) is 0 Å². The van der Waals surface area contributed by atoms with E-state index < -0.39 is 8.07 Å². The Bertz CT molecular complexity index is 6920. The fourth-order valence-corrected chi connectivity index (χ4v) is 20.7. The molecule has 20 aromatic carbocycles. The van der Waals surface area contributed by atoms with E-state index in [1.165, 1.54) is 213 Å². The van der Waals surface area contributed by atoms with Crippen LogP contribution in [0.1, 0.15) is 43.0 Å². The van der Waals surface area contributed by atoms with Crippen LogP contribution in [0.25, 0.3) is 185 Å². The summed E-state index contributed by atoms with van der Waals surface area (Å²) in [4.78, 5) is 0. The van der Waals surface area contributed by atoms with Gasteiger partial charge in [-0.2, -0.15) is 0 Å². The number of rotatable bonds is 11. The molecule has 0 radical (unpaired) electrons. The van der Waals surface area contributed by atoms with Crippen LogP contribution in [-0.4, -0.2) is 8.07 Å². The van der Waals surface area contributed by atoms with E-state index in [0.29, 0.717) is 0 Å². The third-order valence-electron chi connectivity index (χ3n) is 23.2. The maximum Gasteiger partial charge on any atom is 0.0849 e. The van der Waals surface area contributed by atoms with Gasteiger partial charge in [0.15, 0.2) is 0 Å². The molecule has 0 aliphatic heterocycles. The van der Waals surface area contributed by atoms with Crippen molar-refractivity contribution in [2.75, 3.05) is 0 Å². The average Bonchev–Trinajstić information content (AvgIpc) is 0.727. The Balaban J connectivity index is 0.767. The first kappa shape index (κ1) is 62.5. The second-order valence-electron chi connectivity index (χ2n) is 31.1. The van der Waals surface area contributed by atoms with E-state index in [4.69, 9.17) is 0 Å². The normalized spacial score (nSPS) is 12.3. The zero-order valence-corrected chi connectivity index (χ0v) is 60.8. The van der Waals surface area contributed by atoms with Gasteiger partial charge in [-0.15, -0.1) is 0 Å². The molecular weight excluding hydrogens is 1280 g/mol. The van der Waals surface area contributed by atoms with Gasteiger partial charge in [-0.25, -0.2) is 0 Å². The molecule has 0 unspecified atom stereocenters. The van der Waals surface area contributed by atoms with Gasteiger partial charge in [-0.1, -0.05) is 367 Å². The Kier molecular flexibility index (Phi) is 14.6. The summed E-state index contributed by atoms with van der Waals surface area (Å²) in [6, 6.07) is 133. The molecule has 0 aromatic heterocycles. The predicted octanol–water partition coefficient (Wildman–Crippen LogP) is 28.4. The number of benzene rings is 20. The second kappa shape index (κ2) is 24.5. The van der Waals surface area contributed by atoms with Gasteiger partial charge in [-0.05, 0) is 244 Å². The molecule has 0 amide bonds. The quantitative estimate of drug-likeness (QED) is 0.0688. The Labute approximate surface area is 614 Å². The monoisotopic (exact) mass is 1350 g/mol. The predicted molar refractivity (Wildman–Crippen MR) is 458 cm³/mol. The fraction of sp³-hybridized carbons (Fsp3) is 0.0769. The Morgan fingerprint density at radius 2 is 0.590 bits per heavy atom. The number of hydrogen-bond donors (Lipinski definition) is 0. The van der Waals surface area contributed by atoms with E-state index >= 15 is 0 Å². The van der Waals surface area contributed by atoms with Crippen LogP contribution in [0.2, 0.25) is 13.1 Å². The molecule has 0 saturated heterocycles. The number of hydrogen-bond acceptors (Lipinski definition) is 0. The lowest BCUT2D eigenvalue weighted by Gasteiger charge is -2.26. The van der Waals surface area contributed by atoms with E-state index in [9.17, 15) is 0 Å². The van der Waals surface area contributed by atoms with Gasteiger partial charge in [0, 0.05) is 0 Å².